The van der Waals surface area contributed by atoms with Crippen LogP contribution in [0, 0.1) is 0 Å². The van der Waals surface area contributed by atoms with Crippen molar-refractivity contribution in [1.29, 1.82) is 0 Å². The minimum atomic E-state index is -0.570. The number of hydrogen-bond donors (Lipinski definition) is 1. The molecule has 0 atom stereocenters. The minimum Gasteiger partial charge on any atom is -0.493 e. The second-order valence-electron chi connectivity index (χ2n) is 5.19. The van der Waals surface area contributed by atoms with Gasteiger partial charge in [-0.3, -0.25) is 19.8 Å². The van der Waals surface area contributed by atoms with Crippen LogP contribution in [0.3, 0.4) is 0 Å². The Labute approximate surface area is 155 Å². The molecule has 8 nitrogen and oxygen atoms in total. The van der Waals surface area contributed by atoms with Crippen molar-refractivity contribution in [2.24, 2.45) is 0 Å². The Balaban J connectivity index is 2.23. The summed E-state index contributed by atoms with van der Waals surface area (Å²) in [5.41, 5.74) is 0.494. The summed E-state index contributed by atoms with van der Waals surface area (Å²) in [5, 5.41) is 2.49. The average Bonchev–Trinajstić information content (AvgIpc) is 2.62. The lowest BCUT2D eigenvalue weighted by Gasteiger charge is -2.25. The fourth-order valence-corrected chi connectivity index (χ4v) is 2.32. The van der Waals surface area contributed by atoms with Gasteiger partial charge in [0.15, 0.2) is 23.2 Å². The molecule has 0 unspecified atom stereocenters. The molecule has 1 aliphatic rings. The van der Waals surface area contributed by atoms with Crippen LogP contribution in [0.5, 0.6) is 11.5 Å². The third kappa shape index (κ3) is 4.37. The van der Waals surface area contributed by atoms with Gasteiger partial charge in [-0.05, 0) is 42.9 Å². The first-order valence-corrected chi connectivity index (χ1v) is 8.09. The zero-order chi connectivity index (χ0) is 19.3. The van der Waals surface area contributed by atoms with Crippen LogP contribution in [-0.2, 0) is 19.1 Å². The maximum Gasteiger partial charge on any atom is 0.344 e. The molecule has 2 amide bonds. The predicted molar refractivity (Wildman–Crippen MR) is 96.6 cm³/mol. The molecule has 1 saturated heterocycles. The van der Waals surface area contributed by atoms with Gasteiger partial charge < -0.3 is 14.2 Å². The Kier molecular flexibility index (Phi) is 6.29. The summed E-state index contributed by atoms with van der Waals surface area (Å²) in [6, 6.07) is 4.79. The van der Waals surface area contributed by atoms with E-state index in [4.69, 9.17) is 26.4 Å². The van der Waals surface area contributed by atoms with Crippen molar-refractivity contribution in [3.05, 3.63) is 29.3 Å². The fourth-order valence-electron chi connectivity index (χ4n) is 2.14. The average molecular weight is 378 g/mol. The number of benzene rings is 1. The molecule has 0 bridgehead atoms. The number of ether oxygens (including phenoxy) is 3. The SMILES string of the molecule is CCOC(=O)COc1ccc(/C=C2/C(=O)NC(=S)N(C)C2=O)cc1OC. The molecule has 2 rings (SSSR count). The highest BCUT2D eigenvalue weighted by atomic mass is 32.1. The van der Waals surface area contributed by atoms with Crippen LogP contribution in [0.15, 0.2) is 23.8 Å². The van der Waals surface area contributed by atoms with E-state index in [2.05, 4.69) is 5.32 Å². The van der Waals surface area contributed by atoms with Crippen molar-refractivity contribution in [2.75, 3.05) is 27.4 Å². The van der Waals surface area contributed by atoms with Crippen LogP contribution >= 0.6 is 12.2 Å². The lowest BCUT2D eigenvalue weighted by Crippen LogP contribution is -2.52. The molecule has 1 aliphatic heterocycles. The Morgan fingerprint density at radius 1 is 1.31 bits per heavy atom. The molecule has 1 aromatic rings. The maximum absolute atomic E-state index is 12.2. The summed E-state index contributed by atoms with van der Waals surface area (Å²) < 4.78 is 15.4. The van der Waals surface area contributed by atoms with Crippen LogP contribution in [-0.4, -0.2) is 55.2 Å². The molecule has 1 heterocycles. The number of nitrogens with one attached hydrogen (secondary N) is 1. The van der Waals surface area contributed by atoms with E-state index in [1.165, 1.54) is 25.1 Å². The van der Waals surface area contributed by atoms with Crippen LogP contribution in [0.2, 0.25) is 0 Å². The first kappa shape index (κ1) is 19.4. The standard InChI is InChI=1S/C17H18N2O6S/c1-4-24-14(20)9-25-12-6-5-10(8-13(12)23-3)7-11-15(21)18-17(26)19(2)16(11)22/h5-8H,4,9H2,1-3H3,(H,18,21,26)/b11-7-. The van der Waals surface area contributed by atoms with Crippen molar-refractivity contribution in [3.63, 3.8) is 0 Å². The van der Waals surface area contributed by atoms with Crippen LogP contribution in [0.25, 0.3) is 6.08 Å². The van der Waals surface area contributed by atoms with E-state index in [-0.39, 0.29) is 23.9 Å². The number of hydrogen-bond acceptors (Lipinski definition) is 7. The zero-order valence-corrected chi connectivity index (χ0v) is 15.3. The van der Waals surface area contributed by atoms with Gasteiger partial charge in [-0.25, -0.2) is 4.79 Å². The third-order valence-electron chi connectivity index (χ3n) is 3.45. The zero-order valence-electron chi connectivity index (χ0n) is 14.5. The number of esters is 1. The second kappa shape index (κ2) is 8.43. The highest BCUT2D eigenvalue weighted by Gasteiger charge is 2.30. The number of amides is 2. The Morgan fingerprint density at radius 2 is 2.04 bits per heavy atom. The molecule has 0 aromatic heterocycles. The van der Waals surface area contributed by atoms with E-state index < -0.39 is 17.8 Å². The molecule has 0 aliphatic carbocycles. The number of thiocarbonyl (C=S) groups is 1. The van der Waals surface area contributed by atoms with Gasteiger partial charge in [-0.1, -0.05) is 6.07 Å². The molecule has 1 fully saturated rings. The van der Waals surface area contributed by atoms with Crippen molar-refractivity contribution in [1.82, 2.24) is 10.2 Å². The van der Waals surface area contributed by atoms with E-state index in [9.17, 15) is 14.4 Å². The number of carbonyl (C=O) groups excluding carboxylic acids is 3. The van der Waals surface area contributed by atoms with Crippen molar-refractivity contribution < 1.29 is 28.6 Å². The monoisotopic (exact) mass is 378 g/mol. The van der Waals surface area contributed by atoms with Gasteiger partial charge in [0.05, 0.1) is 13.7 Å². The summed E-state index contributed by atoms with van der Waals surface area (Å²) in [6.07, 6.45) is 1.42. The van der Waals surface area contributed by atoms with Gasteiger partial charge in [0.25, 0.3) is 11.8 Å². The van der Waals surface area contributed by atoms with Gasteiger partial charge in [-0.15, -0.1) is 0 Å². The topological polar surface area (TPSA) is 94.2 Å². The Morgan fingerprint density at radius 3 is 2.69 bits per heavy atom. The third-order valence-corrected chi connectivity index (χ3v) is 3.83. The summed E-state index contributed by atoms with van der Waals surface area (Å²) in [6.45, 7) is 1.71. The minimum absolute atomic E-state index is 0.0525. The van der Waals surface area contributed by atoms with Gasteiger partial charge in [0.1, 0.15) is 5.57 Å². The highest BCUT2D eigenvalue weighted by Crippen LogP contribution is 2.29. The van der Waals surface area contributed by atoms with Gasteiger partial charge >= 0.3 is 5.97 Å². The Hall–Kier alpha value is -2.94. The molecule has 1 aromatic carbocycles. The molecular formula is C17H18N2O6S. The molecule has 0 spiro atoms. The van der Waals surface area contributed by atoms with E-state index in [0.717, 1.165) is 0 Å². The largest absolute Gasteiger partial charge is 0.493 e. The number of nitrogens with zero attached hydrogens (tertiary/aromatic N) is 1. The molecule has 26 heavy (non-hydrogen) atoms. The van der Waals surface area contributed by atoms with Crippen LogP contribution in [0.1, 0.15) is 12.5 Å². The van der Waals surface area contributed by atoms with Gasteiger partial charge in [0, 0.05) is 7.05 Å². The lowest BCUT2D eigenvalue weighted by molar-refractivity contribution is -0.145. The summed E-state index contributed by atoms with van der Waals surface area (Å²) in [4.78, 5) is 36.8. The lowest BCUT2D eigenvalue weighted by atomic mass is 10.1. The molecule has 9 heteroatoms. The summed E-state index contributed by atoms with van der Waals surface area (Å²) in [7, 11) is 2.92. The van der Waals surface area contributed by atoms with E-state index in [1.807, 2.05) is 0 Å². The van der Waals surface area contributed by atoms with Gasteiger partial charge in [0.2, 0.25) is 0 Å². The summed E-state index contributed by atoms with van der Waals surface area (Å²) in [5.74, 6) is -0.888. The highest BCUT2D eigenvalue weighted by molar-refractivity contribution is 7.80. The first-order chi connectivity index (χ1) is 12.4. The van der Waals surface area contributed by atoms with Gasteiger partial charge in [-0.2, -0.15) is 0 Å². The van der Waals surface area contributed by atoms with Crippen molar-refractivity contribution in [3.8, 4) is 11.5 Å². The molecule has 0 saturated carbocycles. The van der Waals surface area contributed by atoms with Crippen molar-refractivity contribution in [2.45, 2.75) is 6.92 Å². The fraction of sp³-hybridized carbons (Fsp3) is 0.294. The first-order valence-electron chi connectivity index (χ1n) is 7.68. The maximum atomic E-state index is 12.2. The van der Waals surface area contributed by atoms with Crippen molar-refractivity contribution >= 4 is 41.2 Å². The number of carbonyl (C=O) groups is 3. The summed E-state index contributed by atoms with van der Waals surface area (Å²) >= 11 is 4.90. The molecule has 138 valence electrons. The van der Waals surface area contributed by atoms with Crippen LogP contribution in [0.4, 0.5) is 0 Å². The predicted octanol–water partition coefficient (Wildman–Crippen LogP) is 0.894. The number of rotatable bonds is 6. The van der Waals surface area contributed by atoms with E-state index in [1.54, 1.807) is 25.1 Å². The van der Waals surface area contributed by atoms with E-state index in [0.29, 0.717) is 17.1 Å². The molecular weight excluding hydrogens is 360 g/mol. The Bertz CT molecular complexity index is 789. The molecule has 0 radical (unpaired) electrons. The van der Waals surface area contributed by atoms with Crippen LogP contribution < -0.4 is 14.8 Å². The molecule has 1 N–H and O–H groups in total. The van der Waals surface area contributed by atoms with E-state index >= 15 is 0 Å². The second-order valence-corrected chi connectivity index (χ2v) is 5.57. The quantitative estimate of drug-likeness (QED) is 0.340. The number of likely N-dealkylation sites (N-methyl/N-ethyl adjacent to an activating group) is 1. The number of methoxy groups -OCH3 is 1. The normalized spacial score (nSPS) is 15.7. The smallest absolute Gasteiger partial charge is 0.344 e.